The van der Waals surface area contributed by atoms with Crippen molar-refractivity contribution in [2.24, 2.45) is 0 Å². The Hall–Kier alpha value is -3.52. The molecule has 0 bridgehead atoms. The summed E-state index contributed by atoms with van der Waals surface area (Å²) in [6, 6.07) is 38.3. The Kier molecular flexibility index (Phi) is 5.85. The van der Waals surface area contributed by atoms with E-state index in [2.05, 4.69) is 84.9 Å². The van der Waals surface area contributed by atoms with Gasteiger partial charge in [0.1, 0.15) is 11.5 Å². The highest BCUT2D eigenvalue weighted by Crippen LogP contribution is 2.43. The number of hydrogen-bond acceptors (Lipinski definition) is 2. The summed E-state index contributed by atoms with van der Waals surface area (Å²) in [5.74, 6) is 1.71. The van der Waals surface area contributed by atoms with E-state index in [4.69, 9.17) is 9.47 Å². The van der Waals surface area contributed by atoms with Crippen LogP contribution >= 0.6 is 0 Å². The SMILES string of the molecule is COc1ccc(C(Cc2ccccc2)(c2ccccc2)c2ccc(OC)cc2)cc1. The van der Waals surface area contributed by atoms with Gasteiger partial charge in [-0.1, -0.05) is 84.9 Å². The summed E-state index contributed by atoms with van der Waals surface area (Å²) in [6.07, 6.45) is 0.844. The monoisotopic (exact) mass is 394 g/mol. The maximum absolute atomic E-state index is 5.43. The zero-order valence-electron chi connectivity index (χ0n) is 17.4. The Bertz CT molecular complexity index is 1010. The second kappa shape index (κ2) is 8.87. The largest absolute Gasteiger partial charge is 0.497 e. The van der Waals surface area contributed by atoms with Gasteiger partial charge in [-0.25, -0.2) is 0 Å². The van der Waals surface area contributed by atoms with Gasteiger partial charge in [-0.3, -0.25) is 0 Å². The first-order chi connectivity index (χ1) is 14.8. The van der Waals surface area contributed by atoms with Crippen LogP contribution in [-0.2, 0) is 11.8 Å². The van der Waals surface area contributed by atoms with Crippen LogP contribution < -0.4 is 9.47 Å². The Morgan fingerprint density at radius 1 is 0.500 bits per heavy atom. The fourth-order valence-electron chi connectivity index (χ4n) is 4.18. The molecule has 4 aromatic rings. The van der Waals surface area contributed by atoms with Crippen LogP contribution in [0.15, 0.2) is 109 Å². The van der Waals surface area contributed by atoms with Gasteiger partial charge in [0.2, 0.25) is 0 Å². The lowest BCUT2D eigenvalue weighted by atomic mass is 9.66. The first-order valence-electron chi connectivity index (χ1n) is 10.1. The first-order valence-corrected chi connectivity index (χ1v) is 10.1. The number of ether oxygens (including phenoxy) is 2. The Labute approximate surface area is 178 Å². The molecule has 0 spiro atoms. The van der Waals surface area contributed by atoms with E-state index in [1.54, 1.807) is 14.2 Å². The quantitative estimate of drug-likeness (QED) is 0.343. The van der Waals surface area contributed by atoms with E-state index < -0.39 is 0 Å². The van der Waals surface area contributed by atoms with Crippen molar-refractivity contribution < 1.29 is 9.47 Å². The minimum atomic E-state index is -0.346. The molecule has 0 aliphatic heterocycles. The van der Waals surface area contributed by atoms with Gasteiger partial charge < -0.3 is 9.47 Å². The Balaban J connectivity index is 1.98. The van der Waals surface area contributed by atoms with Gasteiger partial charge in [-0.15, -0.1) is 0 Å². The standard InChI is InChI=1S/C28H26O2/c1-29-26-17-13-24(14-18-26)28(23-11-7-4-8-12-23,21-22-9-5-3-6-10-22)25-15-19-27(30-2)20-16-25/h3-20H,21H2,1-2H3. The molecular formula is C28H26O2. The highest BCUT2D eigenvalue weighted by atomic mass is 16.5. The predicted octanol–water partition coefficient (Wildman–Crippen LogP) is 6.28. The van der Waals surface area contributed by atoms with Crippen LogP contribution in [0.25, 0.3) is 0 Å². The normalized spacial score (nSPS) is 11.1. The summed E-state index contributed by atoms with van der Waals surface area (Å²) in [5, 5.41) is 0. The molecule has 30 heavy (non-hydrogen) atoms. The molecule has 0 N–H and O–H groups in total. The molecule has 0 heterocycles. The lowest BCUT2D eigenvalue weighted by Gasteiger charge is -2.36. The summed E-state index contributed by atoms with van der Waals surface area (Å²) in [4.78, 5) is 0. The summed E-state index contributed by atoms with van der Waals surface area (Å²) in [6.45, 7) is 0. The first kappa shape index (κ1) is 19.8. The summed E-state index contributed by atoms with van der Waals surface area (Å²) < 4.78 is 10.9. The molecule has 2 heteroatoms. The average Bonchev–Trinajstić information content (AvgIpc) is 2.84. The van der Waals surface area contributed by atoms with E-state index >= 15 is 0 Å². The summed E-state index contributed by atoms with van der Waals surface area (Å²) >= 11 is 0. The van der Waals surface area contributed by atoms with Crippen LogP contribution in [0.4, 0.5) is 0 Å². The molecule has 0 amide bonds. The molecule has 0 atom stereocenters. The number of hydrogen-bond donors (Lipinski definition) is 0. The minimum Gasteiger partial charge on any atom is -0.497 e. The molecule has 2 nitrogen and oxygen atoms in total. The third kappa shape index (κ3) is 3.81. The lowest BCUT2D eigenvalue weighted by molar-refractivity contribution is 0.414. The van der Waals surface area contributed by atoms with Crippen LogP contribution in [-0.4, -0.2) is 14.2 Å². The van der Waals surface area contributed by atoms with Crippen molar-refractivity contribution in [1.29, 1.82) is 0 Å². The fourth-order valence-corrected chi connectivity index (χ4v) is 4.18. The van der Waals surface area contributed by atoms with Crippen molar-refractivity contribution in [3.05, 3.63) is 131 Å². The molecule has 0 aromatic heterocycles. The molecular weight excluding hydrogens is 368 g/mol. The number of rotatable bonds is 7. The molecule has 4 aromatic carbocycles. The molecule has 0 saturated carbocycles. The van der Waals surface area contributed by atoms with Crippen molar-refractivity contribution in [1.82, 2.24) is 0 Å². The molecule has 0 radical (unpaired) electrons. The van der Waals surface area contributed by atoms with Gasteiger partial charge >= 0.3 is 0 Å². The average molecular weight is 395 g/mol. The van der Waals surface area contributed by atoms with Crippen LogP contribution in [0, 0.1) is 0 Å². The minimum absolute atomic E-state index is 0.346. The van der Waals surface area contributed by atoms with Gasteiger partial charge in [0, 0.05) is 5.41 Å². The summed E-state index contributed by atoms with van der Waals surface area (Å²) in [7, 11) is 3.40. The number of methoxy groups -OCH3 is 2. The highest BCUT2D eigenvalue weighted by Gasteiger charge is 2.36. The molecule has 0 fully saturated rings. The molecule has 150 valence electrons. The molecule has 4 rings (SSSR count). The van der Waals surface area contributed by atoms with Gasteiger partial charge in [0.15, 0.2) is 0 Å². The van der Waals surface area contributed by atoms with Crippen LogP contribution in [0.1, 0.15) is 22.3 Å². The van der Waals surface area contributed by atoms with Crippen LogP contribution in [0.3, 0.4) is 0 Å². The topological polar surface area (TPSA) is 18.5 Å². The molecule has 0 saturated heterocycles. The van der Waals surface area contributed by atoms with Crippen LogP contribution in [0.2, 0.25) is 0 Å². The second-order valence-electron chi connectivity index (χ2n) is 7.39. The van der Waals surface area contributed by atoms with Gasteiger partial charge in [0.05, 0.1) is 14.2 Å². The van der Waals surface area contributed by atoms with Gasteiger partial charge in [-0.2, -0.15) is 0 Å². The van der Waals surface area contributed by atoms with E-state index in [9.17, 15) is 0 Å². The fraction of sp³-hybridized carbons (Fsp3) is 0.143. The Morgan fingerprint density at radius 3 is 1.33 bits per heavy atom. The zero-order chi connectivity index (χ0) is 20.8. The second-order valence-corrected chi connectivity index (χ2v) is 7.39. The molecule has 0 aliphatic rings. The maximum atomic E-state index is 5.43. The number of benzene rings is 4. The third-order valence-electron chi connectivity index (χ3n) is 5.74. The van der Waals surface area contributed by atoms with Crippen molar-refractivity contribution >= 4 is 0 Å². The van der Waals surface area contributed by atoms with E-state index in [0.29, 0.717) is 0 Å². The van der Waals surface area contributed by atoms with Crippen molar-refractivity contribution in [3.63, 3.8) is 0 Å². The van der Waals surface area contributed by atoms with Crippen molar-refractivity contribution in [2.45, 2.75) is 11.8 Å². The van der Waals surface area contributed by atoms with E-state index in [-0.39, 0.29) is 5.41 Å². The van der Waals surface area contributed by atoms with Gasteiger partial charge in [0.25, 0.3) is 0 Å². The molecule has 0 aliphatic carbocycles. The smallest absolute Gasteiger partial charge is 0.118 e. The molecule has 0 unspecified atom stereocenters. The summed E-state index contributed by atoms with van der Waals surface area (Å²) in [5.41, 5.74) is 4.64. The highest BCUT2D eigenvalue weighted by molar-refractivity contribution is 5.53. The predicted molar refractivity (Wildman–Crippen MR) is 122 cm³/mol. The third-order valence-corrected chi connectivity index (χ3v) is 5.74. The van der Waals surface area contributed by atoms with Crippen molar-refractivity contribution in [2.75, 3.05) is 14.2 Å². The maximum Gasteiger partial charge on any atom is 0.118 e. The van der Waals surface area contributed by atoms with Crippen LogP contribution in [0.5, 0.6) is 11.5 Å². The van der Waals surface area contributed by atoms with Gasteiger partial charge in [-0.05, 0) is 52.9 Å². The zero-order valence-corrected chi connectivity index (χ0v) is 17.4. The van der Waals surface area contributed by atoms with E-state index in [0.717, 1.165) is 17.9 Å². The van der Waals surface area contributed by atoms with E-state index in [1.807, 2.05) is 24.3 Å². The lowest BCUT2D eigenvalue weighted by Crippen LogP contribution is -2.32. The van der Waals surface area contributed by atoms with E-state index in [1.165, 1.54) is 22.3 Å². The van der Waals surface area contributed by atoms with Crippen molar-refractivity contribution in [3.8, 4) is 11.5 Å². The Morgan fingerprint density at radius 2 is 0.900 bits per heavy atom.